The molecule has 136 valence electrons. The van der Waals surface area contributed by atoms with Crippen molar-refractivity contribution in [1.29, 1.82) is 0 Å². The molecule has 1 aliphatic heterocycles. The molecular formula is C18H18N2O5S. The van der Waals surface area contributed by atoms with Gasteiger partial charge in [0.2, 0.25) is 10.0 Å². The molecule has 2 aromatic rings. The van der Waals surface area contributed by atoms with Gasteiger partial charge in [-0.1, -0.05) is 6.07 Å². The molecule has 0 atom stereocenters. The van der Waals surface area contributed by atoms with E-state index < -0.39 is 10.0 Å². The Balaban J connectivity index is 1.52. The first-order chi connectivity index (χ1) is 12.5. The molecule has 2 N–H and O–H groups in total. The van der Waals surface area contributed by atoms with Gasteiger partial charge in [0, 0.05) is 17.3 Å². The third-order valence-electron chi connectivity index (χ3n) is 4.11. The number of carbonyl (C=O) groups is 1. The van der Waals surface area contributed by atoms with Gasteiger partial charge in [-0.2, -0.15) is 0 Å². The van der Waals surface area contributed by atoms with E-state index in [2.05, 4.69) is 10.0 Å². The number of sulfonamides is 1. The van der Waals surface area contributed by atoms with Crippen molar-refractivity contribution in [3.8, 4) is 11.5 Å². The van der Waals surface area contributed by atoms with Gasteiger partial charge in [0.25, 0.3) is 5.91 Å². The van der Waals surface area contributed by atoms with Crippen LogP contribution < -0.4 is 19.5 Å². The highest BCUT2D eigenvalue weighted by molar-refractivity contribution is 7.89. The topological polar surface area (TPSA) is 93.7 Å². The third kappa shape index (κ3) is 3.66. The van der Waals surface area contributed by atoms with Crippen molar-refractivity contribution in [2.45, 2.75) is 23.8 Å². The first kappa shape index (κ1) is 16.9. The zero-order valence-corrected chi connectivity index (χ0v) is 14.7. The molecule has 0 radical (unpaired) electrons. The van der Waals surface area contributed by atoms with Gasteiger partial charge in [0.05, 0.1) is 4.90 Å². The lowest BCUT2D eigenvalue weighted by Crippen LogP contribution is -2.25. The van der Waals surface area contributed by atoms with Crippen LogP contribution in [0.25, 0.3) is 0 Å². The van der Waals surface area contributed by atoms with Crippen LogP contribution in [-0.2, 0) is 10.0 Å². The lowest BCUT2D eigenvalue weighted by Gasteiger charge is -2.18. The number of carbonyl (C=O) groups excluding carboxylic acids is 1. The van der Waals surface area contributed by atoms with Crippen molar-refractivity contribution in [2.75, 3.05) is 18.5 Å². The van der Waals surface area contributed by atoms with Crippen LogP contribution >= 0.6 is 0 Å². The second-order valence-electron chi connectivity index (χ2n) is 6.24. The van der Waals surface area contributed by atoms with Crippen molar-refractivity contribution in [3.05, 3.63) is 48.0 Å². The van der Waals surface area contributed by atoms with Crippen LogP contribution in [0.2, 0.25) is 0 Å². The average molecular weight is 374 g/mol. The number of ether oxygens (including phenoxy) is 2. The quantitative estimate of drug-likeness (QED) is 0.836. The Morgan fingerprint density at radius 1 is 1.00 bits per heavy atom. The number of rotatable bonds is 5. The summed E-state index contributed by atoms with van der Waals surface area (Å²) in [6, 6.07) is 11.1. The van der Waals surface area contributed by atoms with E-state index in [0.717, 1.165) is 12.8 Å². The largest absolute Gasteiger partial charge is 0.486 e. The molecule has 2 aromatic carbocycles. The van der Waals surface area contributed by atoms with Crippen molar-refractivity contribution < 1.29 is 22.7 Å². The van der Waals surface area contributed by atoms with Crippen LogP contribution in [0.3, 0.4) is 0 Å². The average Bonchev–Trinajstić information content (AvgIpc) is 3.45. The zero-order valence-electron chi connectivity index (χ0n) is 13.9. The number of nitrogens with one attached hydrogen (secondary N) is 2. The minimum Gasteiger partial charge on any atom is -0.486 e. The zero-order chi connectivity index (χ0) is 18.1. The Morgan fingerprint density at radius 3 is 2.54 bits per heavy atom. The van der Waals surface area contributed by atoms with E-state index in [1.807, 2.05) is 0 Å². The van der Waals surface area contributed by atoms with E-state index in [9.17, 15) is 13.2 Å². The molecule has 1 saturated carbocycles. The number of fused-ring (bicyclic) bond motifs is 1. The molecule has 1 amide bonds. The van der Waals surface area contributed by atoms with E-state index in [1.165, 1.54) is 12.1 Å². The van der Waals surface area contributed by atoms with Crippen LogP contribution in [0.4, 0.5) is 5.69 Å². The minimum atomic E-state index is -3.57. The molecule has 0 saturated heterocycles. The molecular weight excluding hydrogens is 356 g/mol. The van der Waals surface area contributed by atoms with Crippen LogP contribution in [0.15, 0.2) is 47.4 Å². The van der Waals surface area contributed by atoms with Gasteiger partial charge in [0.15, 0.2) is 11.5 Å². The summed E-state index contributed by atoms with van der Waals surface area (Å²) in [6.45, 7) is 0.917. The fourth-order valence-corrected chi connectivity index (χ4v) is 3.97. The number of amides is 1. The maximum atomic E-state index is 12.5. The Kier molecular flexibility index (Phi) is 4.29. The van der Waals surface area contributed by atoms with Gasteiger partial charge in [-0.05, 0) is 49.2 Å². The normalized spacial score (nSPS) is 16.2. The van der Waals surface area contributed by atoms with Crippen molar-refractivity contribution in [2.24, 2.45) is 0 Å². The fourth-order valence-electron chi connectivity index (χ4n) is 2.62. The van der Waals surface area contributed by atoms with Crippen LogP contribution in [0.5, 0.6) is 11.5 Å². The Hall–Kier alpha value is -2.58. The molecule has 1 aliphatic carbocycles. The molecule has 0 bridgehead atoms. The highest BCUT2D eigenvalue weighted by Gasteiger charge is 2.28. The van der Waals surface area contributed by atoms with Crippen LogP contribution in [0.1, 0.15) is 23.2 Å². The molecule has 0 aromatic heterocycles. The summed E-state index contributed by atoms with van der Waals surface area (Å²) in [5.74, 6) is 0.771. The molecule has 8 heteroatoms. The van der Waals surface area contributed by atoms with Gasteiger partial charge in [-0.15, -0.1) is 0 Å². The minimum absolute atomic E-state index is 0.0240. The lowest BCUT2D eigenvalue weighted by molar-refractivity contribution is 0.102. The van der Waals surface area contributed by atoms with Gasteiger partial charge in [-0.25, -0.2) is 13.1 Å². The predicted molar refractivity (Wildman–Crippen MR) is 95.2 cm³/mol. The highest BCUT2D eigenvalue weighted by Crippen LogP contribution is 2.31. The Labute approximate surface area is 151 Å². The summed E-state index contributed by atoms with van der Waals surface area (Å²) in [7, 11) is -3.57. The van der Waals surface area contributed by atoms with E-state index in [-0.39, 0.29) is 16.8 Å². The first-order valence-corrected chi connectivity index (χ1v) is 9.83. The van der Waals surface area contributed by atoms with Crippen molar-refractivity contribution in [3.63, 3.8) is 0 Å². The molecule has 0 spiro atoms. The van der Waals surface area contributed by atoms with Crippen LogP contribution in [0, 0.1) is 0 Å². The molecule has 7 nitrogen and oxygen atoms in total. The number of hydrogen-bond acceptors (Lipinski definition) is 5. The predicted octanol–water partition coefficient (Wildman–Crippen LogP) is 2.15. The summed E-state index contributed by atoms with van der Waals surface area (Å²) >= 11 is 0. The molecule has 1 heterocycles. The maximum Gasteiger partial charge on any atom is 0.255 e. The van der Waals surface area contributed by atoms with Gasteiger partial charge >= 0.3 is 0 Å². The third-order valence-corrected chi connectivity index (χ3v) is 5.62. The van der Waals surface area contributed by atoms with Gasteiger partial charge < -0.3 is 14.8 Å². The standard InChI is InChI=1S/C18H18N2O5S/c21-18(12-4-7-16-17(10-12)25-9-8-24-16)19-14-2-1-3-15(11-14)26(22,23)20-13-5-6-13/h1-4,7,10-11,13,20H,5-6,8-9H2,(H,19,21). The Morgan fingerprint density at radius 2 is 1.77 bits per heavy atom. The molecule has 1 fully saturated rings. The SMILES string of the molecule is O=C(Nc1cccc(S(=O)(=O)NC2CC2)c1)c1ccc2c(c1)OCCO2. The van der Waals surface area contributed by atoms with Crippen molar-refractivity contribution in [1.82, 2.24) is 4.72 Å². The fraction of sp³-hybridized carbons (Fsp3) is 0.278. The van der Waals surface area contributed by atoms with E-state index in [0.29, 0.717) is 36.0 Å². The summed E-state index contributed by atoms with van der Waals surface area (Å²) in [5.41, 5.74) is 0.808. The summed E-state index contributed by atoms with van der Waals surface area (Å²) < 4.78 is 38.1. The maximum absolute atomic E-state index is 12.5. The van der Waals surface area contributed by atoms with Gasteiger partial charge in [0.1, 0.15) is 13.2 Å². The summed E-state index contributed by atoms with van der Waals surface area (Å²) in [5, 5.41) is 2.72. The number of anilines is 1. The smallest absolute Gasteiger partial charge is 0.255 e. The lowest BCUT2D eigenvalue weighted by atomic mass is 10.1. The Bertz CT molecular complexity index is 954. The summed E-state index contributed by atoms with van der Waals surface area (Å²) in [6.07, 6.45) is 1.72. The second kappa shape index (κ2) is 6.62. The number of hydrogen-bond donors (Lipinski definition) is 2. The van der Waals surface area contributed by atoms with E-state index in [4.69, 9.17) is 9.47 Å². The van der Waals surface area contributed by atoms with E-state index in [1.54, 1.807) is 30.3 Å². The summed E-state index contributed by atoms with van der Waals surface area (Å²) in [4.78, 5) is 12.6. The van der Waals surface area contributed by atoms with Gasteiger partial charge in [-0.3, -0.25) is 4.79 Å². The first-order valence-electron chi connectivity index (χ1n) is 8.35. The monoisotopic (exact) mass is 374 g/mol. The van der Waals surface area contributed by atoms with Crippen molar-refractivity contribution >= 4 is 21.6 Å². The molecule has 26 heavy (non-hydrogen) atoms. The second-order valence-corrected chi connectivity index (χ2v) is 7.95. The molecule has 0 unspecified atom stereocenters. The van der Waals surface area contributed by atoms with Crippen LogP contribution in [-0.4, -0.2) is 33.6 Å². The number of benzene rings is 2. The molecule has 4 rings (SSSR count). The van der Waals surface area contributed by atoms with E-state index >= 15 is 0 Å². The highest BCUT2D eigenvalue weighted by atomic mass is 32.2. The molecule has 2 aliphatic rings.